The van der Waals surface area contributed by atoms with E-state index in [9.17, 15) is 4.79 Å². The summed E-state index contributed by atoms with van der Waals surface area (Å²) in [6, 6.07) is 9.27. The van der Waals surface area contributed by atoms with Crippen LogP contribution in [0.5, 0.6) is 0 Å². The molecule has 1 aliphatic rings. The molecule has 1 aliphatic heterocycles. The van der Waals surface area contributed by atoms with Crippen molar-refractivity contribution in [3.63, 3.8) is 0 Å². The van der Waals surface area contributed by atoms with E-state index in [0.717, 1.165) is 23.5 Å². The van der Waals surface area contributed by atoms with E-state index in [-0.39, 0.29) is 11.3 Å². The molecule has 0 radical (unpaired) electrons. The molecule has 2 heterocycles. The van der Waals surface area contributed by atoms with Gasteiger partial charge < -0.3 is 16.4 Å². The van der Waals surface area contributed by atoms with Gasteiger partial charge in [0.1, 0.15) is 0 Å². The van der Waals surface area contributed by atoms with Gasteiger partial charge in [-0.15, -0.1) is 0 Å². The van der Waals surface area contributed by atoms with Crippen molar-refractivity contribution >= 4 is 23.0 Å². The number of anilines is 2. The summed E-state index contributed by atoms with van der Waals surface area (Å²) >= 11 is 0. The first-order chi connectivity index (χ1) is 11.3. The number of nitrogen functional groups attached to an aromatic ring is 1. The van der Waals surface area contributed by atoms with Gasteiger partial charge in [-0.05, 0) is 30.7 Å². The highest BCUT2D eigenvalue weighted by Crippen LogP contribution is 2.28. The van der Waals surface area contributed by atoms with E-state index in [1.165, 1.54) is 0 Å². The molecule has 1 aromatic carbocycles. The summed E-state index contributed by atoms with van der Waals surface area (Å²) in [4.78, 5) is 16.5. The number of aromatic nitrogens is 1. The number of hydrogen-bond acceptors (Lipinski definition) is 4. The fraction of sp³-hybridized carbons (Fsp3) is 0.263. The fourth-order valence-corrected chi connectivity index (χ4v) is 2.62. The van der Waals surface area contributed by atoms with Crippen LogP contribution >= 0.6 is 0 Å². The molecule has 5 nitrogen and oxygen atoms in total. The summed E-state index contributed by atoms with van der Waals surface area (Å²) in [6.07, 6.45) is 3.83. The van der Waals surface area contributed by atoms with Crippen molar-refractivity contribution in [3.8, 4) is 0 Å². The van der Waals surface area contributed by atoms with E-state index in [4.69, 9.17) is 5.73 Å². The largest absolute Gasteiger partial charge is 0.397 e. The number of nitrogens with one attached hydrogen (secondary N) is 2. The molecule has 0 atom stereocenters. The van der Waals surface area contributed by atoms with Crippen LogP contribution in [0.1, 0.15) is 35.5 Å². The van der Waals surface area contributed by atoms with Crippen molar-refractivity contribution in [2.45, 2.75) is 20.8 Å². The number of carbonyl (C=O) groups excluding carboxylic acids is 1. The van der Waals surface area contributed by atoms with E-state index in [0.29, 0.717) is 16.9 Å². The van der Waals surface area contributed by atoms with Crippen molar-refractivity contribution in [2.24, 2.45) is 5.41 Å². The van der Waals surface area contributed by atoms with Crippen LogP contribution in [-0.2, 0) is 0 Å². The van der Waals surface area contributed by atoms with Crippen LogP contribution in [-0.4, -0.2) is 17.4 Å². The normalized spacial score (nSPS) is 15.5. The Balaban J connectivity index is 1.73. The van der Waals surface area contributed by atoms with Crippen LogP contribution in [0, 0.1) is 12.3 Å². The topological polar surface area (TPSA) is 80.0 Å². The van der Waals surface area contributed by atoms with Gasteiger partial charge in [0, 0.05) is 23.2 Å². The summed E-state index contributed by atoms with van der Waals surface area (Å²) in [5.41, 5.74) is 10.7. The molecule has 0 spiro atoms. The zero-order valence-electron chi connectivity index (χ0n) is 14.2. The van der Waals surface area contributed by atoms with Gasteiger partial charge in [0.25, 0.3) is 5.91 Å². The van der Waals surface area contributed by atoms with Crippen molar-refractivity contribution in [3.05, 3.63) is 59.4 Å². The van der Waals surface area contributed by atoms with E-state index < -0.39 is 0 Å². The minimum absolute atomic E-state index is 0.156. The molecule has 0 fully saturated rings. The molecule has 5 heteroatoms. The van der Waals surface area contributed by atoms with Gasteiger partial charge >= 0.3 is 0 Å². The van der Waals surface area contributed by atoms with Crippen molar-refractivity contribution in [1.29, 1.82) is 0 Å². The molecule has 3 rings (SSSR count). The Kier molecular flexibility index (Phi) is 4.01. The lowest BCUT2D eigenvalue weighted by molar-refractivity contribution is 0.102. The second kappa shape index (κ2) is 6.00. The predicted octanol–water partition coefficient (Wildman–Crippen LogP) is 3.19. The molecule has 0 saturated heterocycles. The smallest absolute Gasteiger partial charge is 0.255 e. The average Bonchev–Trinajstić information content (AvgIpc) is 2.91. The summed E-state index contributed by atoms with van der Waals surface area (Å²) in [7, 11) is 0. The van der Waals surface area contributed by atoms with Gasteiger partial charge in [-0.25, -0.2) is 0 Å². The van der Waals surface area contributed by atoms with Crippen LogP contribution in [0.15, 0.2) is 42.6 Å². The third-order valence-corrected chi connectivity index (χ3v) is 4.11. The summed E-state index contributed by atoms with van der Waals surface area (Å²) in [5.74, 6) is -0.180. The van der Waals surface area contributed by atoms with Gasteiger partial charge in [-0.3, -0.25) is 9.78 Å². The molecular formula is C19H22N4O. The Bertz CT molecular complexity index is 807. The van der Waals surface area contributed by atoms with Gasteiger partial charge in [-0.1, -0.05) is 32.1 Å². The zero-order valence-corrected chi connectivity index (χ0v) is 14.2. The highest BCUT2D eigenvalue weighted by atomic mass is 16.1. The number of nitrogens with two attached hydrogens (primary N) is 1. The molecule has 4 N–H and O–H groups in total. The monoisotopic (exact) mass is 322 g/mol. The van der Waals surface area contributed by atoms with Gasteiger partial charge in [0.05, 0.1) is 23.3 Å². The fourth-order valence-electron chi connectivity index (χ4n) is 2.62. The number of rotatable bonds is 3. The number of aryl methyl sites for hydroxylation is 1. The molecular weight excluding hydrogens is 300 g/mol. The Hall–Kier alpha value is -2.82. The zero-order chi connectivity index (χ0) is 17.3. The maximum absolute atomic E-state index is 12.3. The number of pyridine rings is 1. The Labute approximate surface area is 142 Å². The third-order valence-electron chi connectivity index (χ3n) is 4.11. The average molecular weight is 322 g/mol. The molecule has 24 heavy (non-hydrogen) atoms. The summed E-state index contributed by atoms with van der Waals surface area (Å²) in [6.45, 7) is 7.13. The Morgan fingerprint density at radius 2 is 2.00 bits per heavy atom. The Morgan fingerprint density at radius 1 is 1.29 bits per heavy atom. The first-order valence-electron chi connectivity index (χ1n) is 7.95. The summed E-state index contributed by atoms with van der Waals surface area (Å²) in [5, 5.41) is 6.22. The second-order valence-electron chi connectivity index (χ2n) is 6.83. The van der Waals surface area contributed by atoms with Crippen LogP contribution in [0.4, 0.5) is 11.4 Å². The van der Waals surface area contributed by atoms with Crippen molar-refractivity contribution in [2.75, 3.05) is 17.6 Å². The third kappa shape index (κ3) is 3.40. The molecule has 0 saturated carbocycles. The van der Waals surface area contributed by atoms with Crippen molar-refractivity contribution in [1.82, 2.24) is 10.3 Å². The quantitative estimate of drug-likeness (QED) is 0.811. The molecule has 2 aromatic rings. The molecule has 0 bridgehead atoms. The van der Waals surface area contributed by atoms with Crippen LogP contribution < -0.4 is 16.4 Å². The minimum atomic E-state index is -0.180. The lowest BCUT2D eigenvalue weighted by Gasteiger charge is -2.11. The lowest BCUT2D eigenvalue weighted by Crippen LogP contribution is -2.17. The summed E-state index contributed by atoms with van der Waals surface area (Å²) < 4.78 is 0. The van der Waals surface area contributed by atoms with Crippen molar-refractivity contribution < 1.29 is 4.79 Å². The number of hydrogen-bond donors (Lipinski definition) is 3. The number of benzene rings is 1. The first kappa shape index (κ1) is 16.1. The van der Waals surface area contributed by atoms with Gasteiger partial charge in [0.15, 0.2) is 0 Å². The number of nitrogens with zero attached hydrogens (tertiary/aromatic N) is 1. The first-order valence-corrected chi connectivity index (χ1v) is 7.95. The van der Waals surface area contributed by atoms with Crippen LogP contribution in [0.2, 0.25) is 0 Å². The van der Waals surface area contributed by atoms with E-state index >= 15 is 0 Å². The Morgan fingerprint density at radius 3 is 2.58 bits per heavy atom. The van der Waals surface area contributed by atoms with E-state index in [1.54, 1.807) is 12.3 Å². The van der Waals surface area contributed by atoms with Gasteiger partial charge in [0.2, 0.25) is 0 Å². The standard InChI is InChI=1S/C19H22N4O/c1-12-16(20)8-15(10-21-12)23-18(24)14-6-4-13(5-7-14)17-9-19(2,3)11-22-17/h4-10,22H,11,20H2,1-3H3,(H,23,24). The lowest BCUT2D eigenvalue weighted by atomic mass is 9.95. The minimum Gasteiger partial charge on any atom is -0.397 e. The molecule has 0 aliphatic carbocycles. The van der Waals surface area contributed by atoms with E-state index in [2.05, 4.69) is 35.5 Å². The maximum atomic E-state index is 12.3. The predicted molar refractivity (Wildman–Crippen MR) is 97.5 cm³/mol. The van der Waals surface area contributed by atoms with E-state index in [1.807, 2.05) is 31.2 Å². The van der Waals surface area contributed by atoms with Crippen LogP contribution in [0.3, 0.4) is 0 Å². The maximum Gasteiger partial charge on any atom is 0.255 e. The highest BCUT2D eigenvalue weighted by molar-refractivity contribution is 6.04. The molecule has 1 amide bonds. The second-order valence-corrected chi connectivity index (χ2v) is 6.83. The number of amides is 1. The highest BCUT2D eigenvalue weighted by Gasteiger charge is 2.23. The SMILES string of the molecule is Cc1ncc(NC(=O)c2ccc(C3=CC(C)(C)CN3)cc2)cc1N. The van der Waals surface area contributed by atoms with Gasteiger partial charge in [-0.2, -0.15) is 0 Å². The van der Waals surface area contributed by atoms with Crippen LogP contribution in [0.25, 0.3) is 5.70 Å². The molecule has 1 aromatic heterocycles. The molecule has 124 valence electrons. The number of carbonyl (C=O) groups is 1. The molecule has 0 unspecified atom stereocenters.